The van der Waals surface area contributed by atoms with Gasteiger partial charge in [0.2, 0.25) is 0 Å². The van der Waals surface area contributed by atoms with Crippen molar-refractivity contribution in [2.24, 2.45) is 0 Å². The Morgan fingerprint density at radius 2 is 2.14 bits per heavy atom. The number of pyridine rings is 1. The van der Waals surface area contributed by atoms with Crippen LogP contribution in [0.25, 0.3) is 10.8 Å². The molecule has 2 aromatic rings. The van der Waals surface area contributed by atoms with Crippen molar-refractivity contribution in [2.45, 2.75) is 26.3 Å². The molecule has 0 aliphatic heterocycles. The van der Waals surface area contributed by atoms with Crippen LogP contribution in [0.1, 0.15) is 20.3 Å². The third-order valence-electron chi connectivity index (χ3n) is 4.07. The van der Waals surface area contributed by atoms with Gasteiger partial charge >= 0.3 is 0 Å². The van der Waals surface area contributed by atoms with Gasteiger partial charge in [0.1, 0.15) is 11.6 Å². The first-order valence-electron chi connectivity index (χ1n) is 7.52. The van der Waals surface area contributed by atoms with Gasteiger partial charge in [-0.25, -0.2) is 4.98 Å². The summed E-state index contributed by atoms with van der Waals surface area (Å²) in [6.45, 7) is 6.36. The number of benzene rings is 1. The molecule has 0 aliphatic carbocycles. The Bertz CT molecular complexity index is 585. The second kappa shape index (κ2) is 7.27. The molecule has 4 heteroatoms. The lowest BCUT2D eigenvalue weighted by molar-refractivity contribution is 0.261. The summed E-state index contributed by atoms with van der Waals surface area (Å²) in [4.78, 5) is 6.82. The van der Waals surface area contributed by atoms with Gasteiger partial charge in [-0.3, -0.25) is 0 Å². The lowest BCUT2D eigenvalue weighted by atomic mass is 10.1. The summed E-state index contributed by atoms with van der Waals surface area (Å²) in [7, 11) is 3.85. The highest BCUT2D eigenvalue weighted by molar-refractivity contribution is 5.92. The van der Waals surface area contributed by atoms with E-state index < -0.39 is 0 Å². The highest BCUT2D eigenvalue weighted by Crippen LogP contribution is 2.25. The highest BCUT2D eigenvalue weighted by Gasteiger charge is 2.07. The van der Waals surface area contributed by atoms with Crippen LogP contribution in [-0.4, -0.2) is 43.2 Å². The fraction of sp³-hybridized carbons (Fsp3) is 0.471. The first-order chi connectivity index (χ1) is 10.2. The summed E-state index contributed by atoms with van der Waals surface area (Å²) in [5.74, 6) is 1.81. The number of ether oxygens (including phenoxy) is 1. The van der Waals surface area contributed by atoms with E-state index in [9.17, 15) is 0 Å². The summed E-state index contributed by atoms with van der Waals surface area (Å²) in [6, 6.07) is 8.68. The minimum atomic E-state index is 0.608. The van der Waals surface area contributed by atoms with Crippen molar-refractivity contribution < 1.29 is 4.74 Å². The first kappa shape index (κ1) is 15.6. The zero-order valence-corrected chi connectivity index (χ0v) is 13.4. The maximum Gasteiger partial charge on any atom is 0.133 e. The number of anilines is 1. The molecular formula is C17H25N3O. The molecule has 0 spiro atoms. The number of rotatable bonds is 7. The number of nitrogens with zero attached hydrogens (tertiary/aromatic N) is 2. The molecule has 0 bridgehead atoms. The quantitative estimate of drug-likeness (QED) is 0.847. The molecular weight excluding hydrogens is 262 g/mol. The van der Waals surface area contributed by atoms with Gasteiger partial charge in [0.15, 0.2) is 0 Å². The van der Waals surface area contributed by atoms with Crippen molar-refractivity contribution in [1.82, 2.24) is 9.88 Å². The zero-order valence-electron chi connectivity index (χ0n) is 13.4. The molecule has 1 heterocycles. The molecule has 0 saturated heterocycles. The molecule has 1 aromatic carbocycles. The van der Waals surface area contributed by atoms with Crippen molar-refractivity contribution in [3.05, 3.63) is 30.5 Å². The molecule has 0 fully saturated rings. The van der Waals surface area contributed by atoms with Crippen molar-refractivity contribution in [1.29, 1.82) is 0 Å². The van der Waals surface area contributed by atoms with Gasteiger partial charge in [0.05, 0.1) is 7.11 Å². The molecule has 1 N–H and O–H groups in total. The Labute approximate surface area is 127 Å². The van der Waals surface area contributed by atoms with Crippen molar-refractivity contribution in [2.75, 3.05) is 32.6 Å². The standard InChI is InChI=1S/C17H25N3O/c1-5-13(2)20(3)11-10-19-17-16-7-6-15(21-4)12-14(16)8-9-18-17/h6-9,12-13H,5,10-11H2,1-4H3,(H,18,19). The lowest BCUT2D eigenvalue weighted by Crippen LogP contribution is -2.32. The number of fused-ring (bicyclic) bond motifs is 1. The van der Waals surface area contributed by atoms with Crippen LogP contribution in [0.3, 0.4) is 0 Å². The van der Waals surface area contributed by atoms with Crippen LogP contribution in [0.2, 0.25) is 0 Å². The topological polar surface area (TPSA) is 37.4 Å². The third kappa shape index (κ3) is 3.85. The van der Waals surface area contributed by atoms with Crippen molar-refractivity contribution in [3.63, 3.8) is 0 Å². The van der Waals surface area contributed by atoms with Crippen LogP contribution in [-0.2, 0) is 0 Å². The van der Waals surface area contributed by atoms with Crippen LogP contribution in [0.4, 0.5) is 5.82 Å². The summed E-state index contributed by atoms with van der Waals surface area (Å²) in [5, 5.41) is 5.71. The van der Waals surface area contributed by atoms with E-state index in [-0.39, 0.29) is 0 Å². The van der Waals surface area contributed by atoms with Gasteiger partial charge in [-0.1, -0.05) is 6.92 Å². The molecule has 1 atom stereocenters. The average Bonchev–Trinajstić information content (AvgIpc) is 2.53. The average molecular weight is 287 g/mol. The Balaban J connectivity index is 2.05. The maximum absolute atomic E-state index is 5.27. The minimum absolute atomic E-state index is 0.608. The molecule has 1 unspecified atom stereocenters. The van der Waals surface area contributed by atoms with Crippen molar-refractivity contribution in [3.8, 4) is 5.75 Å². The van der Waals surface area contributed by atoms with E-state index in [0.29, 0.717) is 6.04 Å². The molecule has 4 nitrogen and oxygen atoms in total. The molecule has 0 radical (unpaired) electrons. The van der Waals surface area contributed by atoms with E-state index in [1.807, 2.05) is 24.4 Å². The lowest BCUT2D eigenvalue weighted by Gasteiger charge is -2.23. The monoisotopic (exact) mass is 287 g/mol. The van der Waals surface area contributed by atoms with E-state index >= 15 is 0 Å². The predicted molar refractivity (Wildman–Crippen MR) is 89.2 cm³/mol. The summed E-state index contributed by atoms with van der Waals surface area (Å²) in [6.07, 6.45) is 3.01. The van der Waals surface area contributed by atoms with Crippen molar-refractivity contribution >= 4 is 16.6 Å². The van der Waals surface area contributed by atoms with E-state index in [1.165, 1.54) is 6.42 Å². The van der Waals surface area contributed by atoms with Gasteiger partial charge in [-0.15, -0.1) is 0 Å². The first-order valence-corrected chi connectivity index (χ1v) is 7.52. The molecule has 0 amide bonds. The number of likely N-dealkylation sites (N-methyl/N-ethyl adjacent to an activating group) is 1. The van der Waals surface area contributed by atoms with Crippen LogP contribution < -0.4 is 10.1 Å². The summed E-state index contributed by atoms with van der Waals surface area (Å²) in [5.41, 5.74) is 0. The highest BCUT2D eigenvalue weighted by atomic mass is 16.5. The van der Waals surface area contributed by atoms with E-state index in [2.05, 4.69) is 42.2 Å². The van der Waals surface area contributed by atoms with Crippen LogP contribution in [0, 0.1) is 0 Å². The van der Waals surface area contributed by atoms with Gasteiger partial charge in [-0.2, -0.15) is 0 Å². The summed E-state index contributed by atoms with van der Waals surface area (Å²) < 4.78 is 5.27. The van der Waals surface area contributed by atoms with E-state index in [1.54, 1.807) is 7.11 Å². The molecule has 1 aromatic heterocycles. The van der Waals surface area contributed by atoms with Gasteiger partial charge < -0.3 is 15.0 Å². The Morgan fingerprint density at radius 1 is 1.33 bits per heavy atom. The smallest absolute Gasteiger partial charge is 0.133 e. The number of hydrogen-bond donors (Lipinski definition) is 1. The number of nitrogens with one attached hydrogen (secondary N) is 1. The summed E-state index contributed by atoms with van der Waals surface area (Å²) >= 11 is 0. The minimum Gasteiger partial charge on any atom is -0.497 e. The molecule has 21 heavy (non-hydrogen) atoms. The molecule has 0 aliphatic rings. The number of hydrogen-bond acceptors (Lipinski definition) is 4. The Hall–Kier alpha value is -1.81. The normalized spacial score (nSPS) is 12.6. The zero-order chi connectivity index (χ0) is 15.2. The largest absolute Gasteiger partial charge is 0.497 e. The van der Waals surface area contributed by atoms with E-state index in [4.69, 9.17) is 4.74 Å². The number of aromatic nitrogens is 1. The number of methoxy groups -OCH3 is 1. The maximum atomic E-state index is 5.27. The Morgan fingerprint density at radius 3 is 2.86 bits per heavy atom. The van der Waals surface area contributed by atoms with Crippen LogP contribution in [0.5, 0.6) is 5.75 Å². The fourth-order valence-electron chi connectivity index (χ4n) is 2.31. The second-order valence-corrected chi connectivity index (χ2v) is 5.41. The molecule has 0 saturated carbocycles. The van der Waals surface area contributed by atoms with Gasteiger partial charge in [0, 0.05) is 30.7 Å². The van der Waals surface area contributed by atoms with Gasteiger partial charge in [0.25, 0.3) is 0 Å². The van der Waals surface area contributed by atoms with E-state index in [0.717, 1.165) is 35.4 Å². The second-order valence-electron chi connectivity index (χ2n) is 5.41. The third-order valence-corrected chi connectivity index (χ3v) is 4.07. The SMILES string of the molecule is CCC(C)N(C)CCNc1nccc2cc(OC)ccc12. The fourth-order valence-corrected chi connectivity index (χ4v) is 2.31. The Kier molecular flexibility index (Phi) is 5.39. The van der Waals surface area contributed by atoms with Gasteiger partial charge in [-0.05, 0) is 50.0 Å². The molecule has 2 rings (SSSR count). The van der Waals surface area contributed by atoms with Crippen LogP contribution in [0.15, 0.2) is 30.5 Å². The molecule has 114 valence electrons. The predicted octanol–water partition coefficient (Wildman–Crippen LogP) is 3.39. The van der Waals surface area contributed by atoms with Crippen LogP contribution >= 0.6 is 0 Å².